The third kappa shape index (κ3) is 6.66. The van der Waals surface area contributed by atoms with Crippen molar-refractivity contribution in [1.82, 2.24) is 21.0 Å². The minimum Gasteiger partial charge on any atom is -0.339 e. The Labute approximate surface area is 181 Å². The van der Waals surface area contributed by atoms with E-state index < -0.39 is 0 Å². The van der Waals surface area contributed by atoms with Gasteiger partial charge in [0, 0.05) is 24.1 Å². The second kappa shape index (κ2) is 11.1. The van der Waals surface area contributed by atoms with Crippen molar-refractivity contribution in [3.05, 3.63) is 66.1 Å². The van der Waals surface area contributed by atoms with Gasteiger partial charge in [0.2, 0.25) is 17.6 Å². The largest absolute Gasteiger partial charge is 0.339 e. The van der Waals surface area contributed by atoms with Gasteiger partial charge >= 0.3 is 0 Å². The third-order valence-corrected chi connectivity index (χ3v) is 4.62. The number of hydrazine groups is 1. The van der Waals surface area contributed by atoms with Crippen molar-refractivity contribution in [1.29, 1.82) is 0 Å². The maximum Gasteiger partial charge on any atom is 0.238 e. The van der Waals surface area contributed by atoms with E-state index in [2.05, 4.69) is 45.4 Å². The number of amides is 1. The van der Waals surface area contributed by atoms with Crippen LogP contribution in [0.4, 0.5) is 5.69 Å². The highest BCUT2D eigenvalue weighted by atomic mass is 32.1. The molecular formula is C22H25N5O2S. The van der Waals surface area contributed by atoms with E-state index in [0.29, 0.717) is 23.2 Å². The molecule has 1 aromatic heterocycles. The van der Waals surface area contributed by atoms with Crippen molar-refractivity contribution in [2.45, 2.75) is 39.0 Å². The van der Waals surface area contributed by atoms with E-state index in [1.54, 1.807) is 0 Å². The standard InChI is InChI=1S/C22H25N5O2S/c1-2-3-7-16-10-12-18(13-11-16)23-22(30)26-25-19(28)14-15-20-24-21(27-29-20)17-8-5-4-6-9-17/h4-6,8-13H,2-3,7,14-15H2,1H3,(H,25,28)(H2,23,26,30). The lowest BCUT2D eigenvalue weighted by molar-refractivity contribution is -0.121. The van der Waals surface area contributed by atoms with Crippen LogP contribution in [0.5, 0.6) is 0 Å². The number of hydrogen-bond acceptors (Lipinski definition) is 5. The summed E-state index contributed by atoms with van der Waals surface area (Å²) in [4.78, 5) is 16.4. The van der Waals surface area contributed by atoms with Crippen LogP contribution in [0.3, 0.4) is 0 Å². The van der Waals surface area contributed by atoms with Gasteiger partial charge in [0.1, 0.15) is 0 Å². The lowest BCUT2D eigenvalue weighted by atomic mass is 10.1. The molecule has 0 aliphatic heterocycles. The molecule has 0 bridgehead atoms. The predicted molar refractivity (Wildman–Crippen MR) is 121 cm³/mol. The van der Waals surface area contributed by atoms with Gasteiger partial charge < -0.3 is 9.84 Å². The summed E-state index contributed by atoms with van der Waals surface area (Å²) < 4.78 is 5.21. The molecule has 0 unspecified atom stereocenters. The lowest BCUT2D eigenvalue weighted by Crippen LogP contribution is -2.43. The first-order valence-corrected chi connectivity index (χ1v) is 10.4. The van der Waals surface area contributed by atoms with Crippen LogP contribution >= 0.6 is 12.2 Å². The SMILES string of the molecule is CCCCc1ccc(NC(=S)NNC(=O)CCc2nc(-c3ccccc3)no2)cc1. The van der Waals surface area contributed by atoms with Crippen LogP contribution in [0.2, 0.25) is 0 Å². The highest BCUT2D eigenvalue weighted by molar-refractivity contribution is 7.80. The molecule has 0 radical (unpaired) electrons. The summed E-state index contributed by atoms with van der Waals surface area (Å²) in [6, 6.07) is 17.6. The fraction of sp³-hybridized carbons (Fsp3) is 0.273. The van der Waals surface area contributed by atoms with Gasteiger partial charge in [0.15, 0.2) is 5.11 Å². The topological polar surface area (TPSA) is 92.1 Å². The molecule has 1 amide bonds. The minimum absolute atomic E-state index is 0.193. The predicted octanol–water partition coefficient (Wildman–Crippen LogP) is 4.03. The normalized spacial score (nSPS) is 10.4. The maximum atomic E-state index is 12.0. The quantitative estimate of drug-likeness (QED) is 0.372. The Balaban J connectivity index is 1.38. The van der Waals surface area contributed by atoms with Crippen LogP contribution in [-0.2, 0) is 17.6 Å². The van der Waals surface area contributed by atoms with Gasteiger partial charge in [-0.2, -0.15) is 4.98 Å². The van der Waals surface area contributed by atoms with Gasteiger partial charge in [-0.3, -0.25) is 15.6 Å². The number of anilines is 1. The number of unbranched alkanes of at least 4 members (excludes halogenated alkanes) is 1. The van der Waals surface area contributed by atoms with Crippen molar-refractivity contribution in [3.8, 4) is 11.4 Å². The number of rotatable bonds is 8. The van der Waals surface area contributed by atoms with Crippen molar-refractivity contribution in [2.24, 2.45) is 0 Å². The zero-order chi connectivity index (χ0) is 21.2. The first kappa shape index (κ1) is 21.4. The number of carbonyl (C=O) groups is 1. The van der Waals surface area contributed by atoms with E-state index in [-0.39, 0.29) is 12.3 Å². The molecule has 7 nitrogen and oxygen atoms in total. The van der Waals surface area contributed by atoms with E-state index in [0.717, 1.165) is 17.7 Å². The fourth-order valence-corrected chi connectivity index (χ4v) is 2.94. The summed E-state index contributed by atoms with van der Waals surface area (Å²) >= 11 is 5.21. The van der Waals surface area contributed by atoms with Crippen molar-refractivity contribution in [3.63, 3.8) is 0 Å². The molecule has 30 heavy (non-hydrogen) atoms. The van der Waals surface area contributed by atoms with Gasteiger partial charge in [-0.15, -0.1) is 0 Å². The van der Waals surface area contributed by atoms with Gasteiger partial charge in [-0.25, -0.2) is 0 Å². The Hall–Kier alpha value is -3.26. The first-order chi connectivity index (χ1) is 14.6. The van der Waals surface area contributed by atoms with Gasteiger partial charge in [-0.05, 0) is 42.8 Å². The molecule has 3 rings (SSSR count). The summed E-state index contributed by atoms with van der Waals surface area (Å²) in [5.41, 5.74) is 8.30. The number of aromatic nitrogens is 2. The van der Waals surface area contributed by atoms with E-state index in [1.165, 1.54) is 18.4 Å². The fourth-order valence-electron chi connectivity index (χ4n) is 2.77. The molecule has 3 N–H and O–H groups in total. The monoisotopic (exact) mass is 423 g/mol. The van der Waals surface area contributed by atoms with Gasteiger partial charge in [0.25, 0.3) is 0 Å². The molecule has 0 fully saturated rings. The molecule has 8 heteroatoms. The third-order valence-electron chi connectivity index (χ3n) is 4.41. The van der Waals surface area contributed by atoms with Crippen molar-refractivity contribution in [2.75, 3.05) is 5.32 Å². The average molecular weight is 424 g/mol. The van der Waals surface area contributed by atoms with E-state index in [9.17, 15) is 4.79 Å². The van der Waals surface area contributed by atoms with Crippen LogP contribution < -0.4 is 16.2 Å². The highest BCUT2D eigenvalue weighted by Gasteiger charge is 2.10. The Morgan fingerprint density at radius 2 is 1.80 bits per heavy atom. The molecule has 1 heterocycles. The van der Waals surface area contributed by atoms with Crippen molar-refractivity contribution < 1.29 is 9.32 Å². The van der Waals surface area contributed by atoms with E-state index in [4.69, 9.17) is 16.7 Å². The summed E-state index contributed by atoms with van der Waals surface area (Å²) in [7, 11) is 0. The van der Waals surface area contributed by atoms with Crippen molar-refractivity contribution >= 4 is 28.9 Å². The molecule has 156 valence electrons. The Kier molecular flexibility index (Phi) is 7.91. The number of nitrogens with one attached hydrogen (secondary N) is 3. The molecule has 0 saturated heterocycles. The summed E-state index contributed by atoms with van der Waals surface area (Å²) in [6.45, 7) is 2.18. The van der Waals surface area contributed by atoms with Gasteiger partial charge in [-0.1, -0.05) is 61.0 Å². The second-order valence-electron chi connectivity index (χ2n) is 6.81. The van der Waals surface area contributed by atoms with Crippen LogP contribution in [0.25, 0.3) is 11.4 Å². The zero-order valence-corrected chi connectivity index (χ0v) is 17.7. The van der Waals surface area contributed by atoms with Crippen LogP contribution in [0.1, 0.15) is 37.6 Å². The van der Waals surface area contributed by atoms with E-state index >= 15 is 0 Å². The molecular weight excluding hydrogens is 398 g/mol. The number of thiocarbonyl (C=S) groups is 1. The second-order valence-corrected chi connectivity index (χ2v) is 7.21. The maximum absolute atomic E-state index is 12.0. The number of nitrogens with zero attached hydrogens (tertiary/aromatic N) is 2. The van der Waals surface area contributed by atoms with Crippen LogP contribution in [-0.4, -0.2) is 21.2 Å². The molecule has 3 aromatic rings. The first-order valence-electron chi connectivity index (χ1n) is 9.97. The summed E-state index contributed by atoms with van der Waals surface area (Å²) in [5.74, 6) is 0.691. The molecule has 0 spiro atoms. The summed E-state index contributed by atoms with van der Waals surface area (Å²) in [5, 5.41) is 7.30. The van der Waals surface area contributed by atoms with Crippen LogP contribution in [0, 0.1) is 0 Å². The highest BCUT2D eigenvalue weighted by Crippen LogP contribution is 2.15. The molecule has 0 atom stereocenters. The number of carbonyl (C=O) groups excluding carboxylic acids is 1. The number of hydrogen-bond donors (Lipinski definition) is 3. The average Bonchev–Trinajstić information content (AvgIpc) is 3.25. The smallest absolute Gasteiger partial charge is 0.238 e. The van der Waals surface area contributed by atoms with E-state index in [1.807, 2.05) is 42.5 Å². The summed E-state index contributed by atoms with van der Waals surface area (Å²) in [6.07, 6.45) is 3.96. The van der Waals surface area contributed by atoms with Crippen LogP contribution in [0.15, 0.2) is 59.1 Å². The zero-order valence-electron chi connectivity index (χ0n) is 16.9. The molecule has 0 aliphatic rings. The number of benzene rings is 2. The Bertz CT molecular complexity index is 957. The molecule has 2 aromatic carbocycles. The van der Waals surface area contributed by atoms with Gasteiger partial charge in [0.05, 0.1) is 0 Å². The number of aryl methyl sites for hydroxylation is 2. The molecule has 0 aliphatic carbocycles. The minimum atomic E-state index is -0.228. The Morgan fingerprint density at radius 3 is 2.53 bits per heavy atom. The Morgan fingerprint density at radius 1 is 1.03 bits per heavy atom. The molecule has 0 saturated carbocycles. The lowest BCUT2D eigenvalue weighted by Gasteiger charge is -2.11.